The van der Waals surface area contributed by atoms with Crippen molar-refractivity contribution in [2.75, 3.05) is 13.2 Å². The minimum Gasteiger partial charge on any atom is -0.485 e. The molecule has 0 aliphatic carbocycles. The van der Waals surface area contributed by atoms with E-state index in [2.05, 4.69) is 6.08 Å². The molecule has 1 aromatic heterocycles. The number of esters is 5. The van der Waals surface area contributed by atoms with Crippen LogP contribution in [-0.4, -0.2) is 73.8 Å². The fourth-order valence-electron chi connectivity index (χ4n) is 5.00. The Labute approximate surface area is 294 Å². The number of ether oxygens (including phenoxy) is 8. The lowest BCUT2D eigenvalue weighted by molar-refractivity contribution is -0.288. The van der Waals surface area contributed by atoms with E-state index in [1.807, 2.05) is 26.8 Å². The first kappa shape index (κ1) is 40.3. The van der Waals surface area contributed by atoms with Crippen molar-refractivity contribution < 1.29 is 66.3 Å². The summed E-state index contributed by atoms with van der Waals surface area (Å²) in [4.78, 5) is 73.4. The molecule has 0 unspecified atom stereocenters. The highest BCUT2D eigenvalue weighted by Crippen LogP contribution is 2.37. The molecule has 0 bridgehead atoms. The van der Waals surface area contributed by atoms with Crippen molar-refractivity contribution in [3.63, 3.8) is 0 Å². The molecule has 51 heavy (non-hydrogen) atoms. The van der Waals surface area contributed by atoms with E-state index in [1.54, 1.807) is 6.92 Å². The topological polar surface area (TPSA) is 189 Å². The molecule has 0 amide bonds. The number of rotatable bonds is 15. The van der Waals surface area contributed by atoms with Crippen LogP contribution in [0.25, 0.3) is 11.0 Å². The maximum atomic E-state index is 13.1. The first-order valence-corrected chi connectivity index (χ1v) is 16.3. The molecule has 2 heterocycles. The van der Waals surface area contributed by atoms with E-state index in [-0.39, 0.29) is 35.5 Å². The van der Waals surface area contributed by atoms with Crippen molar-refractivity contribution in [3.8, 4) is 17.2 Å². The van der Waals surface area contributed by atoms with Crippen LogP contribution in [0.15, 0.2) is 50.7 Å². The van der Waals surface area contributed by atoms with Gasteiger partial charge >= 0.3 is 35.5 Å². The van der Waals surface area contributed by atoms with Gasteiger partial charge in [-0.3, -0.25) is 24.0 Å². The highest BCUT2D eigenvalue weighted by Gasteiger charge is 2.53. The summed E-state index contributed by atoms with van der Waals surface area (Å²) < 4.78 is 50.2. The lowest BCUT2D eigenvalue weighted by Gasteiger charge is -2.43. The molecule has 3 rings (SSSR count). The summed E-state index contributed by atoms with van der Waals surface area (Å²) in [6.07, 6.45) is -1.49. The molecular weight excluding hydrogens is 672 g/mol. The van der Waals surface area contributed by atoms with E-state index in [0.29, 0.717) is 0 Å². The van der Waals surface area contributed by atoms with Gasteiger partial charge in [0.1, 0.15) is 30.7 Å². The summed E-state index contributed by atoms with van der Waals surface area (Å²) in [6.45, 7) is 11.6. The maximum absolute atomic E-state index is 13.1. The smallest absolute Gasteiger partial charge is 0.383 e. The predicted molar refractivity (Wildman–Crippen MR) is 179 cm³/mol. The third-order valence-electron chi connectivity index (χ3n) is 7.25. The third-order valence-corrected chi connectivity index (χ3v) is 7.25. The lowest BCUT2D eigenvalue weighted by atomic mass is 9.98. The van der Waals surface area contributed by atoms with Gasteiger partial charge in [0, 0.05) is 40.2 Å². The highest BCUT2D eigenvalue weighted by molar-refractivity contribution is 5.88. The molecule has 15 nitrogen and oxygen atoms in total. The molecule has 0 saturated carbocycles. The summed E-state index contributed by atoms with van der Waals surface area (Å²) in [5.41, 5.74) is 1.24. The van der Waals surface area contributed by atoms with Crippen LogP contribution in [0.3, 0.4) is 0 Å². The van der Waals surface area contributed by atoms with Crippen LogP contribution in [0.2, 0.25) is 0 Å². The molecular formula is C36H44O15. The normalized spacial score (nSPS) is 20.1. The van der Waals surface area contributed by atoms with Crippen molar-refractivity contribution in [3.05, 3.63) is 51.9 Å². The van der Waals surface area contributed by atoms with E-state index >= 15 is 0 Å². The first-order valence-electron chi connectivity index (χ1n) is 16.3. The molecule has 0 N–H and O–H groups in total. The Hall–Kier alpha value is -5.18. The molecule has 0 spiro atoms. The van der Waals surface area contributed by atoms with Crippen molar-refractivity contribution in [1.29, 1.82) is 0 Å². The number of carbonyl (C=O) groups is 5. The van der Waals surface area contributed by atoms with E-state index in [9.17, 15) is 28.8 Å². The second kappa shape index (κ2) is 18.7. The molecule has 2 aromatic rings. The van der Waals surface area contributed by atoms with Gasteiger partial charge in [0.25, 0.3) is 5.75 Å². The van der Waals surface area contributed by atoms with Gasteiger partial charge in [0.2, 0.25) is 12.4 Å². The minimum atomic E-state index is -1.53. The molecule has 1 saturated heterocycles. The SMILES string of the molecule is CCC(=O)Oc1c(OCC=C(C)CCC=C(C)C)c2ccc(O[C@@H]3O[C@H](COC(C)=O)[C@@H](OC(C)=O)[C@H](OC(C)=O)[C@H]3OC(C)=O)cc2oc1=O. The number of hydrogen-bond acceptors (Lipinski definition) is 15. The second-order valence-electron chi connectivity index (χ2n) is 11.9. The third kappa shape index (κ3) is 12.0. The van der Waals surface area contributed by atoms with Gasteiger partial charge in [-0.1, -0.05) is 24.1 Å². The van der Waals surface area contributed by atoms with Gasteiger partial charge < -0.3 is 42.3 Å². The lowest BCUT2D eigenvalue weighted by Crippen LogP contribution is -2.63. The zero-order chi connectivity index (χ0) is 37.8. The first-order chi connectivity index (χ1) is 24.1. The van der Waals surface area contributed by atoms with E-state index in [1.165, 1.54) is 23.8 Å². The molecule has 278 valence electrons. The second-order valence-corrected chi connectivity index (χ2v) is 11.9. The Balaban J connectivity index is 2.05. The van der Waals surface area contributed by atoms with E-state index in [4.69, 9.17) is 42.3 Å². The van der Waals surface area contributed by atoms with E-state index < -0.39 is 78.5 Å². The van der Waals surface area contributed by atoms with Crippen molar-refractivity contribution in [2.24, 2.45) is 0 Å². The Bertz CT molecular complexity index is 1710. The van der Waals surface area contributed by atoms with Crippen molar-refractivity contribution in [2.45, 2.75) is 105 Å². The maximum Gasteiger partial charge on any atom is 0.383 e. The fourth-order valence-corrected chi connectivity index (χ4v) is 5.00. The molecule has 1 aromatic carbocycles. The molecule has 1 aliphatic heterocycles. The minimum absolute atomic E-state index is 0.0109. The zero-order valence-electron chi connectivity index (χ0n) is 29.9. The number of carbonyl (C=O) groups excluding carboxylic acids is 5. The van der Waals surface area contributed by atoms with Gasteiger partial charge in [-0.2, -0.15) is 0 Å². The van der Waals surface area contributed by atoms with Crippen LogP contribution in [-0.2, 0) is 47.7 Å². The molecule has 1 fully saturated rings. The van der Waals surface area contributed by atoms with Crippen LogP contribution in [0.1, 0.15) is 74.7 Å². The Morgan fingerprint density at radius 3 is 2.06 bits per heavy atom. The van der Waals surface area contributed by atoms with Gasteiger partial charge in [-0.25, -0.2) is 4.79 Å². The Morgan fingerprint density at radius 2 is 1.45 bits per heavy atom. The average Bonchev–Trinajstić information content (AvgIpc) is 3.03. The summed E-state index contributed by atoms with van der Waals surface area (Å²) in [5.74, 6) is -4.18. The number of hydrogen-bond donors (Lipinski definition) is 0. The highest BCUT2D eigenvalue weighted by atomic mass is 16.7. The van der Waals surface area contributed by atoms with Crippen LogP contribution >= 0.6 is 0 Å². The Kier molecular flexibility index (Phi) is 14.8. The van der Waals surface area contributed by atoms with Gasteiger partial charge in [-0.05, 0) is 51.8 Å². The largest absolute Gasteiger partial charge is 0.485 e. The summed E-state index contributed by atoms with van der Waals surface area (Å²) in [5, 5.41) is 0.262. The summed E-state index contributed by atoms with van der Waals surface area (Å²) in [7, 11) is 0. The monoisotopic (exact) mass is 716 g/mol. The van der Waals surface area contributed by atoms with Gasteiger partial charge in [0.05, 0.1) is 5.39 Å². The average molecular weight is 717 g/mol. The molecule has 5 atom stereocenters. The fraction of sp³-hybridized carbons (Fsp3) is 0.500. The van der Waals surface area contributed by atoms with Crippen molar-refractivity contribution >= 4 is 40.8 Å². The Morgan fingerprint density at radius 1 is 0.804 bits per heavy atom. The zero-order valence-corrected chi connectivity index (χ0v) is 29.9. The molecule has 1 aliphatic rings. The number of fused-ring (bicyclic) bond motifs is 1. The molecule has 0 radical (unpaired) electrons. The van der Waals surface area contributed by atoms with Crippen LogP contribution in [0.4, 0.5) is 0 Å². The summed E-state index contributed by atoms with van der Waals surface area (Å²) in [6, 6.07) is 4.27. The predicted octanol–water partition coefficient (Wildman–Crippen LogP) is 4.64. The van der Waals surface area contributed by atoms with E-state index in [0.717, 1.165) is 46.1 Å². The van der Waals surface area contributed by atoms with Crippen LogP contribution in [0, 0.1) is 0 Å². The van der Waals surface area contributed by atoms with Crippen LogP contribution < -0.4 is 19.8 Å². The standard InChI is InChI=1S/C36H44O15/c1-9-29(41)51-33-30(43-16-15-20(4)12-10-11-19(2)3)26-14-13-25(17-27(26)49-35(33)42)48-36-34(47-24(8)40)32(46-23(7)39)31(45-22(6)38)28(50-36)18-44-21(5)37/h11,13-15,17,28,31-32,34,36H,9-10,12,16,18H2,1-8H3/t28-,31-,32+,34-,36-/m1/s1. The number of benzene rings is 1. The molecule has 15 heteroatoms. The van der Waals surface area contributed by atoms with Gasteiger partial charge in [-0.15, -0.1) is 0 Å². The van der Waals surface area contributed by atoms with Crippen molar-refractivity contribution in [1.82, 2.24) is 0 Å². The van der Waals surface area contributed by atoms with Gasteiger partial charge in [0.15, 0.2) is 18.0 Å². The quantitative estimate of drug-likeness (QED) is 0.107. The number of allylic oxidation sites excluding steroid dienone is 3. The summed E-state index contributed by atoms with van der Waals surface area (Å²) >= 11 is 0. The van der Waals surface area contributed by atoms with Crippen LogP contribution in [0.5, 0.6) is 17.2 Å².